The molecule has 1 aliphatic rings. The van der Waals surface area contributed by atoms with Crippen LogP contribution in [0.3, 0.4) is 0 Å². The summed E-state index contributed by atoms with van der Waals surface area (Å²) in [6.07, 6.45) is 6.85. The van der Waals surface area contributed by atoms with Crippen molar-refractivity contribution in [2.75, 3.05) is 5.75 Å². The van der Waals surface area contributed by atoms with Crippen LogP contribution in [0.4, 0.5) is 0 Å². The highest BCUT2D eigenvalue weighted by molar-refractivity contribution is 7.80. The van der Waals surface area contributed by atoms with E-state index in [4.69, 9.17) is 5.73 Å². The third-order valence-electron chi connectivity index (χ3n) is 2.35. The average Bonchev–Trinajstić information content (AvgIpc) is 2.40. The van der Waals surface area contributed by atoms with Gasteiger partial charge in [0.05, 0.1) is 0 Å². The Hall–Kier alpha value is 0.310. The van der Waals surface area contributed by atoms with Crippen LogP contribution in [0.2, 0.25) is 0 Å². The van der Waals surface area contributed by atoms with Gasteiger partial charge in [0.25, 0.3) is 0 Å². The predicted molar refractivity (Wildman–Crippen MR) is 48.4 cm³/mol. The van der Waals surface area contributed by atoms with E-state index in [-0.39, 0.29) is 0 Å². The van der Waals surface area contributed by atoms with Gasteiger partial charge in [0.15, 0.2) is 0 Å². The maximum absolute atomic E-state index is 5.78. The fourth-order valence-corrected chi connectivity index (χ4v) is 1.90. The van der Waals surface area contributed by atoms with E-state index in [2.05, 4.69) is 12.6 Å². The molecular formula is C8H17NS. The van der Waals surface area contributed by atoms with E-state index >= 15 is 0 Å². The van der Waals surface area contributed by atoms with Crippen LogP contribution in [0.1, 0.15) is 32.1 Å². The summed E-state index contributed by atoms with van der Waals surface area (Å²) in [4.78, 5) is 0. The van der Waals surface area contributed by atoms with Gasteiger partial charge in [-0.25, -0.2) is 0 Å². The lowest BCUT2D eigenvalue weighted by Gasteiger charge is -2.13. The largest absolute Gasteiger partial charge is 0.327 e. The molecule has 2 N–H and O–H groups in total. The van der Waals surface area contributed by atoms with Crippen molar-refractivity contribution < 1.29 is 0 Å². The van der Waals surface area contributed by atoms with Crippen LogP contribution < -0.4 is 5.73 Å². The molecule has 1 fully saturated rings. The highest BCUT2D eigenvalue weighted by Gasteiger charge is 2.16. The maximum atomic E-state index is 5.78. The lowest BCUT2D eigenvalue weighted by molar-refractivity contribution is 0.462. The van der Waals surface area contributed by atoms with E-state index in [1.54, 1.807) is 0 Å². The second-order valence-electron chi connectivity index (χ2n) is 3.33. The molecule has 1 atom stereocenters. The van der Waals surface area contributed by atoms with Crippen LogP contribution in [0.5, 0.6) is 0 Å². The Labute approximate surface area is 68.8 Å². The molecule has 60 valence electrons. The number of thiol groups is 1. The molecule has 2 heteroatoms. The first-order valence-electron chi connectivity index (χ1n) is 4.19. The third kappa shape index (κ3) is 2.51. The quantitative estimate of drug-likeness (QED) is 0.604. The van der Waals surface area contributed by atoms with Crippen molar-refractivity contribution in [1.82, 2.24) is 0 Å². The van der Waals surface area contributed by atoms with Crippen LogP contribution in [0, 0.1) is 5.92 Å². The highest BCUT2D eigenvalue weighted by atomic mass is 32.1. The van der Waals surface area contributed by atoms with Crippen molar-refractivity contribution in [3.05, 3.63) is 0 Å². The minimum absolute atomic E-state index is 0.339. The molecule has 0 bridgehead atoms. The van der Waals surface area contributed by atoms with E-state index in [9.17, 15) is 0 Å². The minimum atomic E-state index is 0.339. The number of rotatable bonds is 3. The molecular weight excluding hydrogens is 142 g/mol. The Morgan fingerprint density at radius 1 is 1.40 bits per heavy atom. The molecule has 0 amide bonds. The molecule has 1 rings (SSSR count). The second kappa shape index (κ2) is 4.24. The van der Waals surface area contributed by atoms with E-state index in [1.165, 1.54) is 32.1 Å². The fraction of sp³-hybridized carbons (Fsp3) is 1.00. The van der Waals surface area contributed by atoms with Crippen LogP contribution >= 0.6 is 12.6 Å². The Morgan fingerprint density at radius 3 is 2.50 bits per heavy atom. The van der Waals surface area contributed by atoms with Gasteiger partial charge in [-0.3, -0.25) is 0 Å². The van der Waals surface area contributed by atoms with Crippen LogP contribution in [0.25, 0.3) is 0 Å². The molecule has 0 radical (unpaired) electrons. The van der Waals surface area contributed by atoms with Crippen LogP contribution in [0.15, 0.2) is 0 Å². The van der Waals surface area contributed by atoms with Gasteiger partial charge >= 0.3 is 0 Å². The first-order chi connectivity index (χ1) is 4.83. The monoisotopic (exact) mass is 159 g/mol. The zero-order valence-corrected chi connectivity index (χ0v) is 7.32. The molecule has 1 unspecified atom stereocenters. The average molecular weight is 159 g/mol. The van der Waals surface area contributed by atoms with E-state index in [0.717, 1.165) is 11.7 Å². The summed E-state index contributed by atoms with van der Waals surface area (Å²) in [5, 5.41) is 0. The predicted octanol–water partition coefficient (Wildman–Crippen LogP) is 1.82. The molecule has 0 spiro atoms. The zero-order valence-electron chi connectivity index (χ0n) is 6.42. The lowest BCUT2D eigenvalue weighted by Crippen LogP contribution is -2.24. The van der Waals surface area contributed by atoms with Gasteiger partial charge in [0.1, 0.15) is 0 Å². The Kier molecular flexibility index (Phi) is 3.57. The zero-order chi connectivity index (χ0) is 7.40. The molecule has 0 heterocycles. The number of nitrogens with two attached hydrogens (primary N) is 1. The first-order valence-corrected chi connectivity index (χ1v) is 4.82. The van der Waals surface area contributed by atoms with Gasteiger partial charge in [-0.1, -0.05) is 25.7 Å². The van der Waals surface area contributed by atoms with E-state index in [1.807, 2.05) is 0 Å². The van der Waals surface area contributed by atoms with Gasteiger partial charge in [-0.15, -0.1) is 0 Å². The number of hydrogen-bond acceptors (Lipinski definition) is 2. The summed E-state index contributed by atoms with van der Waals surface area (Å²) >= 11 is 4.16. The van der Waals surface area contributed by atoms with Crippen molar-refractivity contribution in [3.8, 4) is 0 Å². The fourth-order valence-electron chi connectivity index (χ4n) is 1.75. The molecule has 1 aliphatic carbocycles. The number of hydrogen-bond donors (Lipinski definition) is 2. The molecule has 0 aromatic heterocycles. The second-order valence-corrected chi connectivity index (χ2v) is 3.69. The molecule has 0 aromatic carbocycles. The van der Waals surface area contributed by atoms with Gasteiger partial charge in [-0.05, 0) is 12.3 Å². The molecule has 0 saturated heterocycles. The van der Waals surface area contributed by atoms with Crippen molar-refractivity contribution in [1.29, 1.82) is 0 Å². The molecule has 1 nitrogen and oxygen atoms in total. The maximum Gasteiger partial charge on any atom is 0.0130 e. The Bertz CT molecular complexity index is 89.3. The molecule has 10 heavy (non-hydrogen) atoms. The van der Waals surface area contributed by atoms with Gasteiger partial charge in [-0.2, -0.15) is 12.6 Å². The van der Waals surface area contributed by atoms with Crippen molar-refractivity contribution in [3.63, 3.8) is 0 Å². The standard InChI is InChI=1S/C8H17NS/c9-8(6-10)5-7-3-1-2-4-7/h7-8,10H,1-6,9H2. The smallest absolute Gasteiger partial charge is 0.0130 e. The van der Waals surface area contributed by atoms with E-state index in [0.29, 0.717) is 6.04 Å². The molecule has 0 aliphatic heterocycles. The van der Waals surface area contributed by atoms with Gasteiger partial charge in [0.2, 0.25) is 0 Å². The van der Waals surface area contributed by atoms with Crippen molar-refractivity contribution in [2.24, 2.45) is 11.7 Å². The van der Waals surface area contributed by atoms with Crippen molar-refractivity contribution in [2.45, 2.75) is 38.1 Å². The first kappa shape index (κ1) is 8.41. The normalized spacial score (nSPS) is 23.4. The molecule has 1 saturated carbocycles. The highest BCUT2D eigenvalue weighted by Crippen LogP contribution is 2.28. The van der Waals surface area contributed by atoms with Crippen LogP contribution in [-0.2, 0) is 0 Å². The van der Waals surface area contributed by atoms with Gasteiger partial charge < -0.3 is 5.73 Å². The Morgan fingerprint density at radius 2 is 2.00 bits per heavy atom. The summed E-state index contributed by atoms with van der Waals surface area (Å²) in [7, 11) is 0. The summed E-state index contributed by atoms with van der Waals surface area (Å²) in [6, 6.07) is 0.339. The van der Waals surface area contributed by atoms with Gasteiger partial charge in [0, 0.05) is 11.8 Å². The summed E-state index contributed by atoms with van der Waals surface area (Å²) in [6.45, 7) is 0. The summed E-state index contributed by atoms with van der Waals surface area (Å²) < 4.78 is 0. The van der Waals surface area contributed by atoms with E-state index < -0.39 is 0 Å². The summed E-state index contributed by atoms with van der Waals surface area (Å²) in [5.74, 6) is 1.76. The van der Waals surface area contributed by atoms with Crippen molar-refractivity contribution >= 4 is 12.6 Å². The van der Waals surface area contributed by atoms with Crippen LogP contribution in [-0.4, -0.2) is 11.8 Å². The third-order valence-corrected chi connectivity index (χ3v) is 2.81. The topological polar surface area (TPSA) is 26.0 Å². The minimum Gasteiger partial charge on any atom is -0.327 e. The molecule has 0 aromatic rings. The SMILES string of the molecule is NC(CS)CC1CCCC1. The lowest BCUT2D eigenvalue weighted by atomic mass is 10.00. The Balaban J connectivity index is 2.11. The summed E-state index contributed by atoms with van der Waals surface area (Å²) in [5.41, 5.74) is 5.78.